The van der Waals surface area contributed by atoms with Crippen LogP contribution in [-0.2, 0) is 0 Å². The number of hydrogen-bond donors (Lipinski definition) is 1. The van der Waals surface area contributed by atoms with Crippen LogP contribution in [-0.4, -0.2) is 56.1 Å². The van der Waals surface area contributed by atoms with Gasteiger partial charge in [0.05, 0.1) is 0 Å². The van der Waals surface area contributed by atoms with Gasteiger partial charge in [-0.15, -0.1) is 0 Å². The van der Waals surface area contributed by atoms with Gasteiger partial charge in [-0.1, -0.05) is 0 Å². The maximum atomic E-state index is 11.4. The fraction of sp³-hybridized carbons (Fsp3) is 0.875. The third-order valence-electron chi connectivity index (χ3n) is 2.21. The first kappa shape index (κ1) is 9.32. The van der Waals surface area contributed by atoms with Crippen LogP contribution in [0.3, 0.4) is 0 Å². The van der Waals surface area contributed by atoms with Crippen LogP contribution in [0.15, 0.2) is 0 Å². The Morgan fingerprint density at radius 3 is 2.67 bits per heavy atom. The van der Waals surface area contributed by atoms with Crippen LogP contribution in [0, 0.1) is 0 Å². The van der Waals surface area contributed by atoms with Crippen molar-refractivity contribution in [2.45, 2.75) is 12.5 Å². The molecule has 0 bridgehead atoms. The highest BCUT2D eigenvalue weighted by Gasteiger charge is 2.32. The molecule has 2 amide bonds. The molecule has 4 heteroatoms. The molecule has 0 spiro atoms. The van der Waals surface area contributed by atoms with Gasteiger partial charge < -0.3 is 15.1 Å². The van der Waals surface area contributed by atoms with Gasteiger partial charge in [0.25, 0.3) is 0 Å². The molecular formula is C8H17N3O. The topological polar surface area (TPSA) is 35.6 Å². The minimum Gasteiger partial charge on any atom is -0.331 e. The number of rotatable bonds is 2. The van der Waals surface area contributed by atoms with Crippen molar-refractivity contribution in [3.8, 4) is 0 Å². The number of nitrogens with one attached hydrogen (secondary N) is 1. The lowest BCUT2D eigenvalue weighted by Crippen LogP contribution is -2.57. The molecule has 0 aromatic carbocycles. The Morgan fingerprint density at radius 1 is 1.67 bits per heavy atom. The Kier molecular flexibility index (Phi) is 2.92. The lowest BCUT2D eigenvalue weighted by molar-refractivity contribution is 0.0958. The summed E-state index contributed by atoms with van der Waals surface area (Å²) < 4.78 is 0. The fourth-order valence-corrected chi connectivity index (χ4v) is 1.40. The minimum atomic E-state index is 0.126. The van der Waals surface area contributed by atoms with Crippen molar-refractivity contribution >= 4 is 6.03 Å². The van der Waals surface area contributed by atoms with Crippen molar-refractivity contribution in [1.82, 2.24) is 15.1 Å². The first-order chi connectivity index (χ1) is 5.66. The molecule has 1 saturated heterocycles. The summed E-state index contributed by atoms with van der Waals surface area (Å²) in [4.78, 5) is 15.0. The molecule has 0 aliphatic carbocycles. The van der Waals surface area contributed by atoms with Crippen molar-refractivity contribution in [3.63, 3.8) is 0 Å². The van der Waals surface area contributed by atoms with Crippen molar-refractivity contribution in [2.75, 3.05) is 34.2 Å². The SMILES string of the molecule is CNCC1CCN1C(=O)N(C)C. The molecule has 0 radical (unpaired) electrons. The van der Waals surface area contributed by atoms with E-state index in [0.717, 1.165) is 19.5 Å². The highest BCUT2D eigenvalue weighted by Crippen LogP contribution is 2.17. The van der Waals surface area contributed by atoms with E-state index in [1.165, 1.54) is 0 Å². The smallest absolute Gasteiger partial charge is 0.319 e. The van der Waals surface area contributed by atoms with Gasteiger partial charge in [-0.2, -0.15) is 0 Å². The molecule has 1 atom stereocenters. The molecule has 0 aromatic rings. The van der Waals surface area contributed by atoms with Crippen LogP contribution < -0.4 is 5.32 Å². The lowest BCUT2D eigenvalue weighted by Gasteiger charge is -2.42. The van der Waals surface area contributed by atoms with Gasteiger partial charge in [0.2, 0.25) is 0 Å². The maximum absolute atomic E-state index is 11.4. The van der Waals surface area contributed by atoms with Crippen LogP contribution in [0.25, 0.3) is 0 Å². The fourth-order valence-electron chi connectivity index (χ4n) is 1.40. The van der Waals surface area contributed by atoms with E-state index in [1.54, 1.807) is 19.0 Å². The van der Waals surface area contributed by atoms with E-state index in [-0.39, 0.29) is 6.03 Å². The number of hydrogen-bond acceptors (Lipinski definition) is 2. The highest BCUT2D eigenvalue weighted by atomic mass is 16.2. The predicted molar refractivity (Wildman–Crippen MR) is 48.1 cm³/mol. The highest BCUT2D eigenvalue weighted by molar-refractivity contribution is 5.75. The summed E-state index contributed by atoms with van der Waals surface area (Å²) in [5.41, 5.74) is 0. The Morgan fingerprint density at radius 2 is 2.33 bits per heavy atom. The quantitative estimate of drug-likeness (QED) is 0.633. The molecule has 1 rings (SSSR count). The van der Waals surface area contributed by atoms with Gasteiger partial charge in [-0.25, -0.2) is 4.79 Å². The summed E-state index contributed by atoms with van der Waals surface area (Å²) in [7, 11) is 5.49. The zero-order valence-corrected chi connectivity index (χ0v) is 8.00. The summed E-state index contributed by atoms with van der Waals surface area (Å²) in [6.07, 6.45) is 1.13. The number of likely N-dealkylation sites (tertiary alicyclic amines) is 1. The Hall–Kier alpha value is -0.770. The molecule has 1 aliphatic rings. The van der Waals surface area contributed by atoms with Crippen LogP contribution in [0.5, 0.6) is 0 Å². The number of carbonyl (C=O) groups is 1. The van der Waals surface area contributed by atoms with Gasteiger partial charge in [0.1, 0.15) is 0 Å². The van der Waals surface area contributed by atoms with Crippen molar-refractivity contribution in [1.29, 1.82) is 0 Å². The van der Waals surface area contributed by atoms with Gasteiger partial charge in [0, 0.05) is 33.2 Å². The minimum absolute atomic E-state index is 0.126. The van der Waals surface area contributed by atoms with E-state index < -0.39 is 0 Å². The number of carbonyl (C=O) groups excluding carboxylic acids is 1. The Balaban J connectivity index is 2.38. The molecule has 1 N–H and O–H groups in total. The zero-order valence-electron chi connectivity index (χ0n) is 8.00. The third-order valence-corrected chi connectivity index (χ3v) is 2.21. The summed E-state index contributed by atoms with van der Waals surface area (Å²) in [6.45, 7) is 1.81. The summed E-state index contributed by atoms with van der Waals surface area (Å²) in [5, 5.41) is 3.08. The van der Waals surface area contributed by atoms with E-state index in [4.69, 9.17) is 0 Å². The van der Waals surface area contributed by atoms with Crippen LogP contribution >= 0.6 is 0 Å². The summed E-state index contributed by atoms with van der Waals surface area (Å²) in [6, 6.07) is 0.534. The number of nitrogens with zero attached hydrogens (tertiary/aromatic N) is 2. The molecule has 70 valence electrons. The first-order valence-corrected chi connectivity index (χ1v) is 4.29. The molecule has 12 heavy (non-hydrogen) atoms. The number of urea groups is 1. The monoisotopic (exact) mass is 171 g/mol. The second-order valence-corrected chi connectivity index (χ2v) is 3.37. The third kappa shape index (κ3) is 1.69. The second kappa shape index (κ2) is 3.76. The largest absolute Gasteiger partial charge is 0.331 e. The molecule has 1 aliphatic heterocycles. The molecule has 4 nitrogen and oxygen atoms in total. The van der Waals surface area contributed by atoms with Crippen LogP contribution in [0.4, 0.5) is 4.79 Å². The van der Waals surface area contributed by atoms with Crippen molar-refractivity contribution < 1.29 is 4.79 Å². The van der Waals surface area contributed by atoms with Crippen molar-refractivity contribution in [3.05, 3.63) is 0 Å². The average molecular weight is 171 g/mol. The first-order valence-electron chi connectivity index (χ1n) is 4.29. The predicted octanol–water partition coefficient (Wildman–Crippen LogP) is -0.0383. The van der Waals surface area contributed by atoms with Crippen molar-refractivity contribution in [2.24, 2.45) is 0 Å². The van der Waals surface area contributed by atoms with Gasteiger partial charge in [0.15, 0.2) is 0 Å². The summed E-state index contributed by atoms with van der Waals surface area (Å²) in [5.74, 6) is 0. The van der Waals surface area contributed by atoms with E-state index in [9.17, 15) is 4.79 Å². The summed E-state index contributed by atoms with van der Waals surface area (Å²) >= 11 is 0. The van der Waals surface area contributed by atoms with E-state index >= 15 is 0 Å². The lowest BCUT2D eigenvalue weighted by atomic mass is 10.0. The molecule has 1 unspecified atom stereocenters. The molecule has 1 heterocycles. The molecule has 0 aromatic heterocycles. The standard InChI is InChI=1S/C8H17N3O/c1-9-6-7-4-5-11(7)8(12)10(2)3/h7,9H,4-6H2,1-3H3. The number of amides is 2. The van der Waals surface area contributed by atoms with E-state index in [1.807, 2.05) is 11.9 Å². The van der Waals surface area contributed by atoms with Crippen LogP contribution in [0.1, 0.15) is 6.42 Å². The second-order valence-electron chi connectivity index (χ2n) is 3.37. The molecule has 0 saturated carbocycles. The number of likely N-dealkylation sites (N-methyl/N-ethyl adjacent to an activating group) is 1. The normalized spacial score (nSPS) is 21.9. The van der Waals surface area contributed by atoms with Gasteiger partial charge in [-0.3, -0.25) is 0 Å². The molecular weight excluding hydrogens is 154 g/mol. The Labute approximate surface area is 73.5 Å². The average Bonchev–Trinajstić information content (AvgIpc) is 1.98. The van der Waals surface area contributed by atoms with E-state index in [0.29, 0.717) is 6.04 Å². The maximum Gasteiger partial charge on any atom is 0.319 e. The Bertz CT molecular complexity index is 170. The van der Waals surface area contributed by atoms with Gasteiger partial charge >= 0.3 is 6.03 Å². The van der Waals surface area contributed by atoms with E-state index in [2.05, 4.69) is 5.32 Å². The molecule has 1 fully saturated rings. The zero-order chi connectivity index (χ0) is 9.14. The van der Waals surface area contributed by atoms with Crippen LogP contribution in [0.2, 0.25) is 0 Å². The van der Waals surface area contributed by atoms with Gasteiger partial charge in [-0.05, 0) is 13.5 Å².